The molecule has 0 aromatic heterocycles. The van der Waals surface area contributed by atoms with Gasteiger partial charge in [0, 0.05) is 31.9 Å². The van der Waals surface area contributed by atoms with E-state index in [0.717, 1.165) is 51.4 Å². The smallest absolute Gasteiger partial charge is 0.319 e. The highest BCUT2D eigenvalue weighted by Gasteiger charge is 2.09. The lowest BCUT2D eigenvalue weighted by atomic mass is 10.1. The molecule has 0 atom stereocenters. The maximum Gasteiger partial charge on any atom is 0.319 e. The first-order chi connectivity index (χ1) is 12.8. The molecule has 5 nitrogen and oxygen atoms in total. The Morgan fingerprint density at radius 3 is 2.35 bits per heavy atom. The number of ether oxygens (including phenoxy) is 1. The molecule has 0 aliphatic carbocycles. The van der Waals surface area contributed by atoms with Crippen molar-refractivity contribution in [1.82, 2.24) is 10.2 Å². The largest absolute Gasteiger partial charge is 0.379 e. The van der Waals surface area contributed by atoms with Crippen molar-refractivity contribution in [3.8, 4) is 0 Å². The standard InChI is InChI=1S/C21H27N3O2/c25-21(22-12-10-18-4-2-1-3-5-18)23-20-8-6-19(7-9-20)11-13-24-14-16-26-17-15-24/h1-9H,10-17H2,(H2,22,23,25). The van der Waals surface area contributed by atoms with Gasteiger partial charge >= 0.3 is 6.03 Å². The molecule has 2 aromatic carbocycles. The van der Waals surface area contributed by atoms with Crippen LogP contribution in [-0.2, 0) is 17.6 Å². The second kappa shape index (κ2) is 9.94. The number of carbonyl (C=O) groups is 1. The van der Waals surface area contributed by atoms with Crippen LogP contribution in [0.5, 0.6) is 0 Å². The summed E-state index contributed by atoms with van der Waals surface area (Å²) in [5, 5.41) is 5.78. The fraction of sp³-hybridized carbons (Fsp3) is 0.381. The molecule has 0 bridgehead atoms. The van der Waals surface area contributed by atoms with Gasteiger partial charge in [0.05, 0.1) is 13.2 Å². The predicted molar refractivity (Wildman–Crippen MR) is 105 cm³/mol. The van der Waals surface area contributed by atoms with Crippen molar-refractivity contribution in [2.75, 3.05) is 44.7 Å². The zero-order chi connectivity index (χ0) is 18.0. The lowest BCUT2D eigenvalue weighted by Crippen LogP contribution is -2.37. The van der Waals surface area contributed by atoms with Gasteiger partial charge in [0.15, 0.2) is 0 Å². The zero-order valence-corrected chi connectivity index (χ0v) is 15.1. The topological polar surface area (TPSA) is 53.6 Å². The molecule has 138 valence electrons. The molecule has 1 aliphatic heterocycles. The van der Waals surface area contributed by atoms with Crippen molar-refractivity contribution in [1.29, 1.82) is 0 Å². The Hall–Kier alpha value is -2.37. The van der Waals surface area contributed by atoms with E-state index in [9.17, 15) is 4.79 Å². The molecular weight excluding hydrogens is 326 g/mol. The van der Waals surface area contributed by atoms with Crippen LogP contribution in [0.4, 0.5) is 10.5 Å². The number of benzene rings is 2. The van der Waals surface area contributed by atoms with Gasteiger partial charge in [-0.1, -0.05) is 42.5 Å². The van der Waals surface area contributed by atoms with Gasteiger partial charge in [-0.15, -0.1) is 0 Å². The number of nitrogens with one attached hydrogen (secondary N) is 2. The van der Waals surface area contributed by atoms with E-state index >= 15 is 0 Å². The molecule has 0 saturated carbocycles. The molecule has 1 saturated heterocycles. The maximum atomic E-state index is 12.0. The molecule has 26 heavy (non-hydrogen) atoms. The molecule has 2 amide bonds. The Morgan fingerprint density at radius 2 is 1.62 bits per heavy atom. The highest BCUT2D eigenvalue weighted by Crippen LogP contribution is 2.11. The fourth-order valence-corrected chi connectivity index (χ4v) is 3.01. The first-order valence-corrected chi connectivity index (χ1v) is 9.27. The van der Waals surface area contributed by atoms with Crippen LogP contribution in [0.15, 0.2) is 54.6 Å². The second-order valence-corrected chi connectivity index (χ2v) is 6.52. The summed E-state index contributed by atoms with van der Waals surface area (Å²) in [5.74, 6) is 0. The van der Waals surface area contributed by atoms with E-state index in [4.69, 9.17) is 4.74 Å². The number of morpholine rings is 1. The van der Waals surface area contributed by atoms with Crippen LogP contribution in [-0.4, -0.2) is 50.3 Å². The summed E-state index contributed by atoms with van der Waals surface area (Å²) in [4.78, 5) is 14.4. The normalized spacial score (nSPS) is 14.8. The molecule has 0 spiro atoms. The lowest BCUT2D eigenvalue weighted by Gasteiger charge is -2.26. The minimum Gasteiger partial charge on any atom is -0.379 e. The van der Waals surface area contributed by atoms with Gasteiger partial charge in [-0.05, 0) is 36.1 Å². The van der Waals surface area contributed by atoms with Crippen molar-refractivity contribution < 1.29 is 9.53 Å². The highest BCUT2D eigenvalue weighted by molar-refractivity contribution is 5.89. The summed E-state index contributed by atoms with van der Waals surface area (Å²) < 4.78 is 5.37. The van der Waals surface area contributed by atoms with Gasteiger partial charge in [0.2, 0.25) is 0 Å². The first kappa shape index (κ1) is 18.4. The number of urea groups is 1. The quantitative estimate of drug-likeness (QED) is 0.805. The van der Waals surface area contributed by atoms with Gasteiger partial charge in [0.25, 0.3) is 0 Å². The van der Waals surface area contributed by atoms with Crippen molar-refractivity contribution in [3.63, 3.8) is 0 Å². The van der Waals surface area contributed by atoms with Crippen LogP contribution in [0, 0.1) is 0 Å². The van der Waals surface area contributed by atoms with Gasteiger partial charge in [-0.2, -0.15) is 0 Å². The summed E-state index contributed by atoms with van der Waals surface area (Å²) >= 11 is 0. The van der Waals surface area contributed by atoms with Crippen LogP contribution in [0.2, 0.25) is 0 Å². The number of anilines is 1. The predicted octanol–water partition coefficient (Wildman–Crippen LogP) is 2.93. The van der Waals surface area contributed by atoms with Crippen LogP contribution >= 0.6 is 0 Å². The van der Waals surface area contributed by atoms with Gasteiger partial charge in [-0.3, -0.25) is 4.90 Å². The molecule has 1 fully saturated rings. The van der Waals surface area contributed by atoms with Crippen LogP contribution in [0.1, 0.15) is 11.1 Å². The van der Waals surface area contributed by atoms with E-state index in [2.05, 4.69) is 39.8 Å². The first-order valence-electron chi connectivity index (χ1n) is 9.27. The molecule has 1 heterocycles. The van der Waals surface area contributed by atoms with E-state index in [1.165, 1.54) is 11.1 Å². The summed E-state index contributed by atoms with van der Waals surface area (Å²) in [7, 11) is 0. The minimum absolute atomic E-state index is 0.165. The lowest BCUT2D eigenvalue weighted by molar-refractivity contribution is 0.0384. The van der Waals surface area contributed by atoms with E-state index in [0.29, 0.717) is 6.54 Å². The molecule has 3 rings (SSSR count). The van der Waals surface area contributed by atoms with Crippen LogP contribution in [0.25, 0.3) is 0 Å². The fourth-order valence-electron chi connectivity index (χ4n) is 3.01. The average Bonchev–Trinajstić information content (AvgIpc) is 2.69. The Bertz CT molecular complexity index is 667. The van der Waals surface area contributed by atoms with Crippen molar-refractivity contribution >= 4 is 11.7 Å². The number of carbonyl (C=O) groups excluding carboxylic acids is 1. The SMILES string of the molecule is O=C(NCCc1ccccc1)Nc1ccc(CCN2CCOCC2)cc1. The maximum absolute atomic E-state index is 12.0. The summed E-state index contributed by atoms with van der Waals surface area (Å²) in [6, 6.07) is 18.1. The van der Waals surface area contributed by atoms with E-state index in [1.807, 2.05) is 30.3 Å². The van der Waals surface area contributed by atoms with Crippen molar-refractivity contribution in [2.45, 2.75) is 12.8 Å². The minimum atomic E-state index is -0.165. The third-order valence-corrected chi connectivity index (χ3v) is 4.57. The third kappa shape index (κ3) is 6.17. The van der Waals surface area contributed by atoms with E-state index < -0.39 is 0 Å². The molecule has 5 heteroatoms. The molecule has 2 N–H and O–H groups in total. The molecular formula is C21H27N3O2. The zero-order valence-electron chi connectivity index (χ0n) is 15.1. The number of rotatable bonds is 7. The highest BCUT2D eigenvalue weighted by atomic mass is 16.5. The molecule has 1 aliphatic rings. The van der Waals surface area contributed by atoms with E-state index in [1.54, 1.807) is 0 Å². The molecule has 2 aromatic rings. The monoisotopic (exact) mass is 353 g/mol. The number of hydrogen-bond donors (Lipinski definition) is 2. The Balaban J connectivity index is 1.37. The molecule has 0 unspecified atom stereocenters. The van der Waals surface area contributed by atoms with Crippen molar-refractivity contribution in [2.24, 2.45) is 0 Å². The summed E-state index contributed by atoms with van der Waals surface area (Å²) in [5.41, 5.74) is 3.32. The van der Waals surface area contributed by atoms with Gasteiger partial charge in [-0.25, -0.2) is 4.79 Å². The van der Waals surface area contributed by atoms with Gasteiger partial charge in [0.1, 0.15) is 0 Å². The van der Waals surface area contributed by atoms with Crippen LogP contribution < -0.4 is 10.6 Å². The Morgan fingerprint density at radius 1 is 0.923 bits per heavy atom. The number of nitrogens with zero attached hydrogens (tertiary/aromatic N) is 1. The van der Waals surface area contributed by atoms with Crippen LogP contribution in [0.3, 0.4) is 0 Å². The van der Waals surface area contributed by atoms with Crippen molar-refractivity contribution in [3.05, 3.63) is 65.7 Å². The van der Waals surface area contributed by atoms with Gasteiger partial charge < -0.3 is 15.4 Å². The van der Waals surface area contributed by atoms with E-state index in [-0.39, 0.29) is 6.03 Å². The Labute approximate surface area is 155 Å². The second-order valence-electron chi connectivity index (χ2n) is 6.52. The summed E-state index contributed by atoms with van der Waals surface area (Å²) in [6.07, 6.45) is 1.85. The molecule has 0 radical (unpaired) electrons. The number of hydrogen-bond acceptors (Lipinski definition) is 3. The summed E-state index contributed by atoms with van der Waals surface area (Å²) in [6.45, 7) is 5.37. The number of amides is 2. The Kier molecular flexibility index (Phi) is 7.05. The average molecular weight is 353 g/mol. The third-order valence-electron chi connectivity index (χ3n) is 4.57.